The third-order valence-corrected chi connectivity index (χ3v) is 8.39. The summed E-state index contributed by atoms with van der Waals surface area (Å²) in [6, 6.07) is 12.0. The lowest BCUT2D eigenvalue weighted by molar-refractivity contribution is 0.102. The van der Waals surface area contributed by atoms with E-state index in [1.807, 2.05) is 25.1 Å². The van der Waals surface area contributed by atoms with Crippen molar-refractivity contribution in [2.45, 2.75) is 46.3 Å². The maximum Gasteiger partial charge on any atom is 0.258 e. The van der Waals surface area contributed by atoms with Gasteiger partial charge in [0.25, 0.3) is 11.5 Å². The molecule has 0 radical (unpaired) electrons. The number of aryl methyl sites for hydroxylation is 1. The van der Waals surface area contributed by atoms with Gasteiger partial charge in [-0.15, -0.1) is 11.3 Å². The smallest absolute Gasteiger partial charge is 0.258 e. The first kappa shape index (κ1) is 26.1. The summed E-state index contributed by atoms with van der Waals surface area (Å²) in [5, 5.41) is 8.59. The highest BCUT2D eigenvalue weighted by Crippen LogP contribution is 2.29. The van der Waals surface area contributed by atoms with Crippen molar-refractivity contribution in [3.63, 3.8) is 0 Å². The average Bonchev–Trinajstić information content (AvgIpc) is 3.54. The molecule has 1 amide bonds. The summed E-state index contributed by atoms with van der Waals surface area (Å²) in [5.41, 5.74) is 4.01. The van der Waals surface area contributed by atoms with Crippen molar-refractivity contribution in [1.29, 1.82) is 0 Å². The molecule has 0 aliphatic carbocycles. The van der Waals surface area contributed by atoms with Gasteiger partial charge in [0, 0.05) is 46.7 Å². The number of amides is 1. The summed E-state index contributed by atoms with van der Waals surface area (Å²) < 4.78 is 21.2. The van der Waals surface area contributed by atoms with E-state index >= 15 is 0 Å². The number of carbonyl (C=O) groups excluding carboxylic acids is 1. The number of nitrogens with one attached hydrogen (secondary N) is 1. The molecular formula is C30H28FN5O3S. The largest absolute Gasteiger partial charge is 0.364 e. The summed E-state index contributed by atoms with van der Waals surface area (Å²) >= 11 is 1.47. The average molecular weight is 558 g/mol. The van der Waals surface area contributed by atoms with Crippen LogP contribution in [0.15, 0.2) is 64.2 Å². The number of anilines is 1. The number of thiazole rings is 1. The van der Waals surface area contributed by atoms with Crippen LogP contribution in [0.5, 0.6) is 0 Å². The maximum absolute atomic E-state index is 14.6. The summed E-state index contributed by atoms with van der Waals surface area (Å²) in [4.78, 5) is 34.4. The number of aromatic nitrogens is 3. The van der Waals surface area contributed by atoms with E-state index in [1.54, 1.807) is 24.6 Å². The van der Waals surface area contributed by atoms with Crippen LogP contribution in [-0.4, -0.2) is 38.1 Å². The van der Waals surface area contributed by atoms with Gasteiger partial charge in [-0.05, 0) is 80.1 Å². The van der Waals surface area contributed by atoms with Crippen LogP contribution in [0, 0.1) is 12.7 Å². The first-order chi connectivity index (χ1) is 19.2. The number of rotatable bonds is 6. The zero-order valence-corrected chi connectivity index (χ0v) is 23.2. The molecule has 0 saturated carbocycles. The van der Waals surface area contributed by atoms with Crippen molar-refractivity contribution >= 4 is 33.1 Å². The Kier molecular flexibility index (Phi) is 6.81. The predicted molar refractivity (Wildman–Crippen MR) is 153 cm³/mol. The van der Waals surface area contributed by atoms with Gasteiger partial charge >= 0.3 is 0 Å². The molecule has 2 aromatic carbocycles. The number of fused-ring (bicyclic) bond motifs is 2. The number of nitrogens with zero attached hydrogens (tertiary/aromatic N) is 4. The quantitative estimate of drug-likeness (QED) is 0.291. The van der Waals surface area contributed by atoms with Crippen molar-refractivity contribution in [2.24, 2.45) is 0 Å². The topological polar surface area (TPSA) is 93.3 Å². The van der Waals surface area contributed by atoms with Gasteiger partial charge in [0.2, 0.25) is 0 Å². The molecule has 0 unspecified atom stereocenters. The van der Waals surface area contributed by atoms with E-state index in [0.717, 1.165) is 47.4 Å². The first-order valence-corrected chi connectivity index (χ1v) is 13.9. The zero-order valence-electron chi connectivity index (χ0n) is 22.4. The van der Waals surface area contributed by atoms with E-state index in [9.17, 15) is 14.0 Å². The molecule has 1 aliphatic heterocycles. The minimum absolute atomic E-state index is 0.121. The van der Waals surface area contributed by atoms with Crippen molar-refractivity contribution in [1.82, 2.24) is 19.6 Å². The van der Waals surface area contributed by atoms with E-state index in [2.05, 4.69) is 34.2 Å². The molecule has 1 N–H and O–H groups in total. The third kappa shape index (κ3) is 5.07. The van der Waals surface area contributed by atoms with Gasteiger partial charge in [-0.25, -0.2) is 9.37 Å². The molecule has 6 rings (SSSR count). The summed E-state index contributed by atoms with van der Waals surface area (Å²) in [6.45, 7) is 8.01. The molecule has 0 fully saturated rings. The monoisotopic (exact) mass is 557 g/mol. The van der Waals surface area contributed by atoms with E-state index in [1.165, 1.54) is 32.9 Å². The van der Waals surface area contributed by atoms with E-state index in [4.69, 9.17) is 4.52 Å². The van der Waals surface area contributed by atoms with Crippen LogP contribution in [0.25, 0.3) is 21.9 Å². The Labute approximate surface area is 234 Å². The molecular weight excluding hydrogens is 529 g/mol. The number of hydrogen-bond acceptors (Lipinski definition) is 7. The third-order valence-electron chi connectivity index (χ3n) is 7.32. The molecule has 10 heteroatoms. The molecule has 40 heavy (non-hydrogen) atoms. The molecule has 1 aliphatic rings. The molecule has 0 atom stereocenters. The lowest BCUT2D eigenvalue weighted by atomic mass is 10.0. The SMILES string of the molecule is Cc1nocc1-c1ccc2c(=O)n(Cc3cc(F)cc(C(=O)Nc4nc5c(s4)CCN(C(C)C)C5)c3)ccc2c1. The molecule has 5 aromatic rings. The van der Waals surface area contributed by atoms with Gasteiger partial charge in [0.1, 0.15) is 12.1 Å². The molecule has 3 aromatic heterocycles. The van der Waals surface area contributed by atoms with Gasteiger partial charge in [-0.3, -0.25) is 19.8 Å². The first-order valence-electron chi connectivity index (χ1n) is 13.1. The second-order valence-electron chi connectivity index (χ2n) is 10.4. The Bertz CT molecular complexity index is 1800. The van der Waals surface area contributed by atoms with Crippen LogP contribution in [0.3, 0.4) is 0 Å². The minimum Gasteiger partial charge on any atom is -0.364 e. The number of benzene rings is 2. The van der Waals surface area contributed by atoms with Crippen LogP contribution < -0.4 is 10.9 Å². The molecule has 8 nitrogen and oxygen atoms in total. The Balaban J connectivity index is 1.22. The summed E-state index contributed by atoms with van der Waals surface area (Å²) in [6.07, 6.45) is 4.16. The van der Waals surface area contributed by atoms with E-state index < -0.39 is 11.7 Å². The predicted octanol–water partition coefficient (Wildman–Crippen LogP) is 5.63. The lowest BCUT2D eigenvalue weighted by Gasteiger charge is -2.29. The van der Waals surface area contributed by atoms with Crippen LogP contribution in [-0.2, 0) is 19.5 Å². The van der Waals surface area contributed by atoms with Gasteiger partial charge < -0.3 is 9.09 Å². The molecule has 0 spiro atoms. The highest BCUT2D eigenvalue weighted by atomic mass is 32.1. The fraction of sp³-hybridized carbons (Fsp3) is 0.267. The molecule has 0 bridgehead atoms. The van der Waals surface area contributed by atoms with Crippen molar-refractivity contribution in [3.8, 4) is 11.1 Å². The summed E-state index contributed by atoms with van der Waals surface area (Å²) in [7, 11) is 0. The van der Waals surface area contributed by atoms with Gasteiger partial charge in [-0.1, -0.05) is 11.2 Å². The Morgan fingerprint density at radius 1 is 1.20 bits per heavy atom. The summed E-state index contributed by atoms with van der Waals surface area (Å²) in [5.74, 6) is -0.980. The highest BCUT2D eigenvalue weighted by molar-refractivity contribution is 7.15. The second-order valence-corrected chi connectivity index (χ2v) is 11.5. The number of hydrogen-bond donors (Lipinski definition) is 1. The number of pyridine rings is 1. The molecule has 204 valence electrons. The zero-order chi connectivity index (χ0) is 28.0. The number of carbonyl (C=O) groups is 1. The van der Waals surface area contributed by atoms with Crippen molar-refractivity contribution in [2.75, 3.05) is 11.9 Å². The second kappa shape index (κ2) is 10.4. The standard InChI is InChI=1S/C30H28FN5O3S/c1-17(2)35-9-7-27-26(15-35)32-30(40-27)33-28(37)22-10-19(11-23(31)13-22)14-36-8-6-21-12-20(4-5-24(21)29(36)38)25-16-39-34-18(25)3/h4-6,8,10-13,16-17H,7,9,14-15H2,1-3H3,(H,32,33,37). The van der Waals surface area contributed by atoms with Crippen LogP contribution in [0.2, 0.25) is 0 Å². The highest BCUT2D eigenvalue weighted by Gasteiger charge is 2.23. The molecule has 4 heterocycles. The van der Waals surface area contributed by atoms with Crippen molar-refractivity contribution < 1.29 is 13.7 Å². The van der Waals surface area contributed by atoms with E-state index in [-0.39, 0.29) is 17.7 Å². The Morgan fingerprint density at radius 2 is 2.05 bits per heavy atom. The normalized spacial score (nSPS) is 13.6. The lowest BCUT2D eigenvalue weighted by Crippen LogP contribution is -2.35. The Morgan fingerprint density at radius 3 is 2.83 bits per heavy atom. The number of halogens is 1. The Hall–Kier alpha value is -4.15. The van der Waals surface area contributed by atoms with Crippen LogP contribution in [0.1, 0.15) is 46.0 Å². The van der Waals surface area contributed by atoms with Gasteiger partial charge in [0.15, 0.2) is 5.13 Å². The van der Waals surface area contributed by atoms with Crippen LogP contribution in [0.4, 0.5) is 9.52 Å². The maximum atomic E-state index is 14.6. The fourth-order valence-electron chi connectivity index (χ4n) is 5.10. The van der Waals surface area contributed by atoms with Gasteiger partial charge in [-0.2, -0.15) is 0 Å². The molecule has 0 saturated heterocycles. The van der Waals surface area contributed by atoms with Gasteiger partial charge in [0.05, 0.1) is 17.9 Å². The fourth-order valence-corrected chi connectivity index (χ4v) is 6.06. The van der Waals surface area contributed by atoms with E-state index in [0.29, 0.717) is 22.1 Å². The van der Waals surface area contributed by atoms with Crippen LogP contribution >= 0.6 is 11.3 Å². The minimum atomic E-state index is -0.545. The van der Waals surface area contributed by atoms with Crippen molar-refractivity contribution in [3.05, 3.63) is 98.5 Å².